The SMILES string of the molecule is O=C(NCc1cccc(OCc2ccc(C(F)(F)F)cc2)c1)[C@@H]1CCCN1S(=O)(=O)c1cccc2nsnc12. The molecule has 2 heterocycles. The number of benzene rings is 3. The van der Waals surface area contributed by atoms with Crippen molar-refractivity contribution in [3.05, 3.63) is 83.4 Å². The Balaban J connectivity index is 1.21. The van der Waals surface area contributed by atoms with Crippen molar-refractivity contribution in [2.24, 2.45) is 0 Å². The van der Waals surface area contributed by atoms with Crippen LogP contribution in [-0.2, 0) is 34.1 Å². The number of rotatable bonds is 8. The number of hydrogen-bond acceptors (Lipinski definition) is 7. The van der Waals surface area contributed by atoms with Gasteiger partial charge >= 0.3 is 6.18 Å². The minimum atomic E-state index is -4.40. The van der Waals surface area contributed by atoms with E-state index in [1.165, 1.54) is 22.5 Å². The summed E-state index contributed by atoms with van der Waals surface area (Å²) in [6.45, 7) is 0.443. The van der Waals surface area contributed by atoms with Gasteiger partial charge in [-0.05, 0) is 60.4 Å². The monoisotopic (exact) mass is 576 g/mol. The molecule has 4 aromatic rings. The molecule has 1 N–H and O–H groups in total. The number of carbonyl (C=O) groups is 1. The number of alkyl halides is 3. The maximum Gasteiger partial charge on any atom is 0.416 e. The third kappa shape index (κ3) is 5.89. The van der Waals surface area contributed by atoms with Crippen LogP contribution in [0.2, 0.25) is 0 Å². The van der Waals surface area contributed by atoms with Gasteiger partial charge in [0.2, 0.25) is 15.9 Å². The Morgan fingerprint density at radius 2 is 1.82 bits per heavy atom. The van der Waals surface area contributed by atoms with Crippen molar-refractivity contribution < 1.29 is 31.1 Å². The normalized spacial score (nSPS) is 16.4. The second kappa shape index (κ2) is 10.9. The maximum atomic E-state index is 13.4. The van der Waals surface area contributed by atoms with E-state index in [0.717, 1.165) is 29.4 Å². The standard InChI is InChI=1S/C26H23F3N4O4S2/c27-26(28,29)19-11-9-17(10-12-19)16-37-20-5-1-4-18(14-20)15-30-25(34)22-7-3-13-33(22)39(35,36)23-8-2-6-21-24(23)32-38-31-21/h1-2,4-6,8-12,14,22H,3,7,13,15-16H2,(H,30,34)/t22-/m0/s1. The summed E-state index contributed by atoms with van der Waals surface area (Å²) in [5.41, 5.74) is 1.35. The van der Waals surface area contributed by atoms with Crippen LogP contribution in [0.4, 0.5) is 13.2 Å². The van der Waals surface area contributed by atoms with Crippen LogP contribution < -0.4 is 10.1 Å². The second-order valence-corrected chi connectivity index (χ2v) is 11.4. The molecular weight excluding hydrogens is 553 g/mol. The molecule has 3 aromatic carbocycles. The van der Waals surface area contributed by atoms with E-state index >= 15 is 0 Å². The quantitative estimate of drug-likeness (QED) is 0.325. The molecule has 1 aliphatic heterocycles. The minimum absolute atomic E-state index is 0.0337. The van der Waals surface area contributed by atoms with Crippen molar-refractivity contribution in [3.8, 4) is 5.75 Å². The molecule has 0 saturated carbocycles. The lowest BCUT2D eigenvalue weighted by Crippen LogP contribution is -2.45. The average molecular weight is 577 g/mol. The van der Waals surface area contributed by atoms with Gasteiger partial charge in [-0.2, -0.15) is 26.2 Å². The van der Waals surface area contributed by atoms with Crippen LogP contribution in [0.3, 0.4) is 0 Å². The number of fused-ring (bicyclic) bond motifs is 1. The van der Waals surface area contributed by atoms with Crippen LogP contribution in [0.1, 0.15) is 29.5 Å². The van der Waals surface area contributed by atoms with Gasteiger partial charge in [-0.25, -0.2) is 8.42 Å². The summed E-state index contributed by atoms with van der Waals surface area (Å²) < 4.78 is 80.3. The fourth-order valence-electron chi connectivity index (χ4n) is 4.41. The molecule has 8 nitrogen and oxygen atoms in total. The summed E-state index contributed by atoms with van der Waals surface area (Å²) in [5, 5.41) is 2.81. The molecule has 0 radical (unpaired) electrons. The Kier molecular flexibility index (Phi) is 7.56. The van der Waals surface area contributed by atoms with Crippen LogP contribution in [0.15, 0.2) is 71.6 Å². The Bertz CT molecular complexity index is 1590. The highest BCUT2D eigenvalue weighted by Gasteiger charge is 2.40. The maximum absolute atomic E-state index is 13.4. The van der Waals surface area contributed by atoms with Crippen LogP contribution in [0, 0.1) is 0 Å². The molecule has 1 aromatic heterocycles. The third-order valence-electron chi connectivity index (χ3n) is 6.39. The zero-order valence-electron chi connectivity index (χ0n) is 20.4. The number of carbonyl (C=O) groups excluding carboxylic acids is 1. The summed E-state index contributed by atoms with van der Waals surface area (Å²) in [4.78, 5) is 13.1. The minimum Gasteiger partial charge on any atom is -0.489 e. The predicted molar refractivity (Wildman–Crippen MR) is 138 cm³/mol. The molecule has 1 saturated heterocycles. The predicted octanol–water partition coefficient (Wildman–Crippen LogP) is 4.76. The number of halogens is 3. The van der Waals surface area contributed by atoms with E-state index < -0.39 is 33.7 Å². The number of sulfonamides is 1. The van der Waals surface area contributed by atoms with Crippen LogP contribution in [0.25, 0.3) is 11.0 Å². The highest BCUT2D eigenvalue weighted by molar-refractivity contribution is 7.89. The Morgan fingerprint density at radius 3 is 2.59 bits per heavy atom. The highest BCUT2D eigenvalue weighted by atomic mass is 32.2. The number of ether oxygens (including phenoxy) is 1. The van der Waals surface area contributed by atoms with Crippen molar-refractivity contribution in [2.75, 3.05) is 6.54 Å². The molecule has 0 aliphatic carbocycles. The molecule has 0 spiro atoms. The average Bonchev–Trinajstić information content (AvgIpc) is 3.61. The first-order valence-electron chi connectivity index (χ1n) is 12.0. The van der Waals surface area contributed by atoms with Crippen molar-refractivity contribution in [3.63, 3.8) is 0 Å². The van der Waals surface area contributed by atoms with E-state index in [0.29, 0.717) is 35.2 Å². The number of hydrogen-bond donors (Lipinski definition) is 1. The smallest absolute Gasteiger partial charge is 0.416 e. The third-order valence-corrected chi connectivity index (χ3v) is 8.88. The Hall–Kier alpha value is -3.55. The largest absolute Gasteiger partial charge is 0.489 e. The molecule has 1 atom stereocenters. The van der Waals surface area contributed by atoms with Gasteiger partial charge in [-0.1, -0.05) is 30.3 Å². The van der Waals surface area contributed by atoms with Gasteiger partial charge in [-0.15, -0.1) is 0 Å². The van der Waals surface area contributed by atoms with E-state index in [9.17, 15) is 26.4 Å². The molecule has 1 fully saturated rings. The lowest BCUT2D eigenvalue weighted by atomic mass is 10.1. The van der Waals surface area contributed by atoms with Gasteiger partial charge in [-0.3, -0.25) is 4.79 Å². The van der Waals surface area contributed by atoms with Crippen LogP contribution in [-0.4, -0.2) is 40.0 Å². The highest BCUT2D eigenvalue weighted by Crippen LogP contribution is 2.31. The summed E-state index contributed by atoms with van der Waals surface area (Å²) in [6.07, 6.45) is -3.45. The van der Waals surface area contributed by atoms with E-state index in [4.69, 9.17) is 4.74 Å². The summed E-state index contributed by atoms with van der Waals surface area (Å²) in [7, 11) is -3.97. The molecule has 39 heavy (non-hydrogen) atoms. The molecule has 1 amide bonds. The first-order valence-corrected chi connectivity index (χ1v) is 14.2. The molecule has 1 aliphatic rings. The molecule has 204 valence electrons. The van der Waals surface area contributed by atoms with Crippen LogP contribution >= 0.6 is 11.7 Å². The van der Waals surface area contributed by atoms with Crippen LogP contribution in [0.5, 0.6) is 5.75 Å². The lowest BCUT2D eigenvalue weighted by molar-refractivity contribution is -0.137. The van der Waals surface area contributed by atoms with Gasteiger partial charge in [0.15, 0.2) is 0 Å². The summed E-state index contributed by atoms with van der Waals surface area (Å²) >= 11 is 0.930. The summed E-state index contributed by atoms with van der Waals surface area (Å²) in [6, 6.07) is 15.6. The van der Waals surface area contributed by atoms with Gasteiger partial charge in [0.25, 0.3) is 0 Å². The number of nitrogens with one attached hydrogen (secondary N) is 1. The molecule has 0 unspecified atom stereocenters. The summed E-state index contributed by atoms with van der Waals surface area (Å²) in [5.74, 6) is 0.0763. The number of aromatic nitrogens is 2. The Morgan fingerprint density at radius 1 is 1.05 bits per heavy atom. The molecular formula is C26H23F3N4O4S2. The fourth-order valence-corrected chi connectivity index (χ4v) is 6.83. The molecule has 0 bridgehead atoms. The van der Waals surface area contributed by atoms with E-state index in [1.807, 2.05) is 0 Å². The first kappa shape index (κ1) is 27.0. The zero-order chi connectivity index (χ0) is 27.6. The topological polar surface area (TPSA) is 101 Å². The van der Waals surface area contributed by atoms with Crippen molar-refractivity contribution in [1.29, 1.82) is 0 Å². The lowest BCUT2D eigenvalue weighted by Gasteiger charge is -2.23. The van der Waals surface area contributed by atoms with E-state index in [-0.39, 0.29) is 24.6 Å². The van der Waals surface area contributed by atoms with Gasteiger partial charge < -0.3 is 10.1 Å². The van der Waals surface area contributed by atoms with Crippen molar-refractivity contribution in [2.45, 2.75) is 43.1 Å². The van der Waals surface area contributed by atoms with Gasteiger partial charge in [0.1, 0.15) is 34.3 Å². The van der Waals surface area contributed by atoms with E-state index in [2.05, 4.69) is 14.1 Å². The van der Waals surface area contributed by atoms with Crippen molar-refractivity contribution in [1.82, 2.24) is 18.4 Å². The molecule has 5 rings (SSSR count). The Labute approximate surface area is 226 Å². The first-order chi connectivity index (χ1) is 18.6. The zero-order valence-corrected chi connectivity index (χ0v) is 22.0. The fraction of sp³-hybridized carbons (Fsp3) is 0.269. The number of amides is 1. The second-order valence-electron chi connectivity index (χ2n) is 9.01. The number of nitrogens with zero attached hydrogens (tertiary/aromatic N) is 3. The van der Waals surface area contributed by atoms with Crippen molar-refractivity contribution >= 4 is 38.7 Å². The van der Waals surface area contributed by atoms with Gasteiger partial charge in [0.05, 0.1) is 17.3 Å². The van der Waals surface area contributed by atoms with E-state index in [1.54, 1.807) is 36.4 Å². The van der Waals surface area contributed by atoms with Gasteiger partial charge in [0, 0.05) is 13.1 Å². The molecule has 13 heteroatoms.